The van der Waals surface area contributed by atoms with Gasteiger partial charge in [-0.05, 0) is 42.0 Å². The summed E-state index contributed by atoms with van der Waals surface area (Å²) in [6.45, 7) is 7.62. The second-order valence-corrected chi connectivity index (χ2v) is 11.3. The third kappa shape index (κ3) is 4.36. The molecule has 3 fully saturated rings. The molecule has 10 heteroatoms. The first-order valence-electron chi connectivity index (χ1n) is 12.8. The van der Waals surface area contributed by atoms with Crippen LogP contribution in [0.5, 0.6) is 0 Å². The van der Waals surface area contributed by atoms with Gasteiger partial charge in [0.05, 0.1) is 35.7 Å². The van der Waals surface area contributed by atoms with Gasteiger partial charge in [-0.15, -0.1) is 0 Å². The van der Waals surface area contributed by atoms with Gasteiger partial charge in [0.2, 0.25) is 5.91 Å². The van der Waals surface area contributed by atoms with Crippen LogP contribution in [0, 0.1) is 11.8 Å². The smallest absolute Gasteiger partial charge is 0.229 e. The first-order valence-corrected chi connectivity index (χ1v) is 13.2. The largest absolute Gasteiger partial charge is 0.376 e. The Morgan fingerprint density at radius 1 is 1.19 bits per heavy atom. The zero-order valence-corrected chi connectivity index (χ0v) is 22.1. The number of aryl methyl sites for hydroxylation is 1. The summed E-state index contributed by atoms with van der Waals surface area (Å²) < 4.78 is 21.7. The molecule has 8 nitrogen and oxygen atoms in total. The zero-order valence-electron chi connectivity index (χ0n) is 21.3. The number of nitrogens with one attached hydrogen (secondary N) is 1. The van der Waals surface area contributed by atoms with E-state index in [0.29, 0.717) is 17.4 Å². The number of aromatic nitrogens is 3. The number of ether oxygens (including phenoxy) is 1. The number of benzene rings is 1. The Morgan fingerprint density at radius 2 is 1.97 bits per heavy atom. The molecule has 1 N–H and O–H groups in total. The standard InChI is InChI=1S/C27H32ClFN6O2/c1-16-24(19-12-31-33(3)13-19)25(16)26(36)32-23-10-17-9-21(20(28)8-18(17)11-30-23)34-4-6-35(7-5-34)27(2)15-37-14-22(27)29/h8-13,16,22,24-25H,4-7,14-15H2,1-3H3,(H,30,32,36)/t16-,22+,24-,25+,27-/m0/s1. The van der Waals surface area contributed by atoms with Crippen molar-refractivity contribution in [3.05, 3.63) is 47.4 Å². The number of pyridine rings is 1. The predicted octanol–water partition coefficient (Wildman–Crippen LogP) is 3.86. The SMILES string of the molecule is C[C@@H]1[C@@H](C(=O)Nc2cc3cc(N4CCN([C@@]5(C)COC[C@H]5F)CC4)c(Cl)cc3cn2)[C@@H]1c1cnn(C)c1. The Labute approximate surface area is 220 Å². The van der Waals surface area contributed by atoms with Gasteiger partial charge in [-0.1, -0.05) is 18.5 Å². The van der Waals surface area contributed by atoms with Gasteiger partial charge in [0.1, 0.15) is 12.0 Å². The van der Waals surface area contributed by atoms with E-state index in [1.54, 1.807) is 10.9 Å². The van der Waals surface area contributed by atoms with Crippen molar-refractivity contribution in [2.45, 2.75) is 31.5 Å². The van der Waals surface area contributed by atoms with Gasteiger partial charge in [0.15, 0.2) is 0 Å². The fourth-order valence-electron chi connectivity index (χ4n) is 6.05. The molecule has 0 bridgehead atoms. The van der Waals surface area contributed by atoms with Gasteiger partial charge in [-0.3, -0.25) is 14.4 Å². The Kier molecular flexibility index (Phi) is 6.12. The van der Waals surface area contributed by atoms with Crippen molar-refractivity contribution in [3.8, 4) is 0 Å². The van der Waals surface area contributed by atoms with Crippen LogP contribution >= 0.6 is 11.6 Å². The number of carbonyl (C=O) groups excluding carboxylic acids is 1. The highest BCUT2D eigenvalue weighted by Crippen LogP contribution is 2.54. The number of hydrogen-bond acceptors (Lipinski definition) is 6. The van der Waals surface area contributed by atoms with Gasteiger partial charge in [0, 0.05) is 62.8 Å². The van der Waals surface area contributed by atoms with Crippen LogP contribution in [0.3, 0.4) is 0 Å². The van der Waals surface area contributed by atoms with Crippen LogP contribution in [-0.4, -0.2) is 76.7 Å². The van der Waals surface area contributed by atoms with Gasteiger partial charge in [-0.25, -0.2) is 9.37 Å². The maximum atomic E-state index is 14.5. The molecule has 6 rings (SSSR count). The van der Waals surface area contributed by atoms with E-state index in [-0.39, 0.29) is 30.3 Å². The van der Waals surface area contributed by atoms with Crippen LogP contribution in [-0.2, 0) is 16.6 Å². The molecule has 2 aliphatic heterocycles. The first-order chi connectivity index (χ1) is 17.7. The number of carbonyl (C=O) groups is 1. The number of nitrogens with zero attached hydrogens (tertiary/aromatic N) is 5. The Balaban J connectivity index is 1.16. The normalized spacial score (nSPS) is 30.1. The minimum atomic E-state index is -0.970. The predicted molar refractivity (Wildman–Crippen MR) is 142 cm³/mol. The molecule has 196 valence electrons. The number of anilines is 2. The highest BCUT2D eigenvalue weighted by Gasteiger charge is 2.53. The average Bonchev–Trinajstić information content (AvgIpc) is 3.15. The quantitative estimate of drug-likeness (QED) is 0.544. The molecule has 1 saturated carbocycles. The number of hydrogen-bond donors (Lipinski definition) is 1. The minimum absolute atomic E-state index is 0.0194. The fraction of sp³-hybridized carbons (Fsp3) is 0.519. The fourth-order valence-corrected chi connectivity index (χ4v) is 6.34. The third-order valence-electron chi connectivity index (χ3n) is 8.51. The second-order valence-electron chi connectivity index (χ2n) is 10.9. The van der Waals surface area contributed by atoms with Crippen LogP contribution in [0.4, 0.5) is 15.9 Å². The van der Waals surface area contributed by atoms with E-state index in [1.807, 2.05) is 38.5 Å². The van der Waals surface area contributed by atoms with Crippen molar-refractivity contribution in [2.75, 3.05) is 49.6 Å². The second kappa shape index (κ2) is 9.22. The molecule has 2 saturated heterocycles. The molecule has 3 aromatic rings. The van der Waals surface area contributed by atoms with Crippen LogP contribution < -0.4 is 10.2 Å². The van der Waals surface area contributed by atoms with E-state index in [2.05, 4.69) is 38.2 Å². The lowest BCUT2D eigenvalue weighted by molar-refractivity contribution is -0.117. The van der Waals surface area contributed by atoms with Crippen molar-refractivity contribution in [2.24, 2.45) is 18.9 Å². The lowest BCUT2D eigenvalue weighted by Gasteiger charge is -2.44. The molecular weight excluding hydrogens is 495 g/mol. The average molecular weight is 527 g/mol. The number of fused-ring (bicyclic) bond motifs is 1. The summed E-state index contributed by atoms with van der Waals surface area (Å²) in [6, 6.07) is 5.88. The highest BCUT2D eigenvalue weighted by atomic mass is 35.5. The van der Waals surface area contributed by atoms with Crippen molar-refractivity contribution < 1.29 is 13.9 Å². The lowest BCUT2D eigenvalue weighted by atomic mass is 9.96. The summed E-state index contributed by atoms with van der Waals surface area (Å²) in [6.07, 6.45) is 4.59. The number of piperazine rings is 1. The monoisotopic (exact) mass is 526 g/mol. The first kappa shape index (κ1) is 24.6. The highest BCUT2D eigenvalue weighted by molar-refractivity contribution is 6.34. The molecule has 0 spiro atoms. The summed E-state index contributed by atoms with van der Waals surface area (Å²) in [4.78, 5) is 21.9. The molecule has 5 atom stereocenters. The number of alkyl halides is 1. The number of halogens is 2. The van der Waals surface area contributed by atoms with E-state index in [9.17, 15) is 9.18 Å². The number of rotatable bonds is 5. The molecule has 37 heavy (non-hydrogen) atoms. The zero-order chi connectivity index (χ0) is 25.9. The van der Waals surface area contributed by atoms with Gasteiger partial charge >= 0.3 is 0 Å². The van der Waals surface area contributed by atoms with E-state index in [1.165, 1.54) is 0 Å². The molecule has 3 aliphatic rings. The summed E-state index contributed by atoms with van der Waals surface area (Å²) in [5, 5.41) is 9.78. The molecule has 0 radical (unpaired) electrons. The van der Waals surface area contributed by atoms with Crippen molar-refractivity contribution in [1.29, 1.82) is 0 Å². The molecule has 4 heterocycles. The maximum Gasteiger partial charge on any atom is 0.229 e. The number of amides is 1. The summed E-state index contributed by atoms with van der Waals surface area (Å²) in [5.41, 5.74) is 1.47. The molecule has 1 aliphatic carbocycles. The minimum Gasteiger partial charge on any atom is -0.376 e. The summed E-state index contributed by atoms with van der Waals surface area (Å²) in [5.74, 6) is 0.870. The van der Waals surface area contributed by atoms with Crippen molar-refractivity contribution in [3.63, 3.8) is 0 Å². The van der Waals surface area contributed by atoms with Gasteiger partial charge in [-0.2, -0.15) is 5.10 Å². The summed E-state index contributed by atoms with van der Waals surface area (Å²) in [7, 11) is 1.88. The lowest BCUT2D eigenvalue weighted by Crippen LogP contribution is -2.59. The molecular formula is C27H32ClFN6O2. The summed E-state index contributed by atoms with van der Waals surface area (Å²) >= 11 is 6.68. The molecule has 1 aromatic carbocycles. The Bertz CT molecular complexity index is 1340. The van der Waals surface area contributed by atoms with Gasteiger partial charge in [0.25, 0.3) is 0 Å². The Hall–Kier alpha value is -2.75. The molecule has 1 amide bonds. The molecule has 2 aromatic heterocycles. The Morgan fingerprint density at radius 3 is 2.65 bits per heavy atom. The van der Waals surface area contributed by atoms with Crippen molar-refractivity contribution in [1.82, 2.24) is 19.7 Å². The molecule has 0 unspecified atom stereocenters. The van der Waals surface area contributed by atoms with Crippen LogP contribution in [0.25, 0.3) is 10.8 Å². The van der Waals surface area contributed by atoms with Crippen LogP contribution in [0.15, 0.2) is 36.8 Å². The van der Waals surface area contributed by atoms with Crippen LogP contribution in [0.2, 0.25) is 5.02 Å². The van der Waals surface area contributed by atoms with E-state index in [0.717, 1.165) is 48.2 Å². The van der Waals surface area contributed by atoms with Gasteiger partial charge < -0.3 is 15.0 Å². The van der Waals surface area contributed by atoms with E-state index < -0.39 is 11.7 Å². The maximum absolute atomic E-state index is 14.5. The third-order valence-corrected chi connectivity index (χ3v) is 8.81. The topological polar surface area (TPSA) is 75.5 Å². The van der Waals surface area contributed by atoms with E-state index >= 15 is 0 Å². The van der Waals surface area contributed by atoms with E-state index in [4.69, 9.17) is 16.3 Å². The van der Waals surface area contributed by atoms with Crippen LogP contribution in [0.1, 0.15) is 25.3 Å². The van der Waals surface area contributed by atoms with Crippen molar-refractivity contribution >= 4 is 39.8 Å².